The number of hydrogen-bond donors (Lipinski definition) is 20. The summed E-state index contributed by atoms with van der Waals surface area (Å²) in [7, 11) is 0. The Morgan fingerprint density at radius 2 is 0.927 bits per heavy atom. The molecule has 13 amide bonds. The fourth-order valence-corrected chi connectivity index (χ4v) is 8.93. The third-order valence-electron chi connectivity index (χ3n) is 11.8. The highest BCUT2D eigenvalue weighted by atomic mass is 32.1. The summed E-state index contributed by atoms with van der Waals surface area (Å²) >= 11 is 24.3. The second-order valence-corrected chi connectivity index (χ2v) is 21.2. The molecule has 15 N–H and O–H groups in total. The van der Waals surface area contributed by atoms with Gasteiger partial charge in [-0.2, -0.15) is 75.8 Å². The Morgan fingerprint density at radius 1 is 0.500 bits per heavy atom. The largest absolute Gasteiger partial charge is 0.481 e. The van der Waals surface area contributed by atoms with Gasteiger partial charge in [-0.05, 0) is 51.2 Å². The first-order valence-electron chi connectivity index (χ1n) is 25.5. The smallest absolute Gasteiger partial charge is 0.327 e. The highest BCUT2D eigenvalue weighted by molar-refractivity contribution is 7.81. The van der Waals surface area contributed by atoms with Gasteiger partial charge in [-0.15, -0.1) is 0 Å². The molecule has 0 saturated carbocycles. The van der Waals surface area contributed by atoms with Crippen LogP contribution in [0.1, 0.15) is 72.6 Å². The van der Waals surface area contributed by atoms with Crippen molar-refractivity contribution in [3.63, 3.8) is 0 Å². The SMILES string of the molecule is CC(C)C[C@H](NC(=O)[C@H](CCC(=O)O)NC(=O)[C@H](CS)NC(=O)CCS)C(=O)N[C@@H](CS)C(=O)N[C@@H](CS)C(=O)N[C@@H](CC(N)=O)C(=O)N1CCC[C@H]1C(=O)N[C@@H](C)C(=O)N[C@@H](CS)C(=O)N[C@@H](C)C(=O)NCC(=O)N[C@@H](CS)C(=O)O. The number of amides is 13. The van der Waals surface area contributed by atoms with E-state index in [2.05, 4.69) is 134 Å². The molecule has 1 saturated heterocycles. The molecule has 11 atom stereocenters. The number of nitrogens with zero attached hydrogens (tertiary/aromatic N) is 1. The molecule has 1 fully saturated rings. The fraction of sp³-hybridized carbons (Fsp3) is 0.674. The molecule has 1 rings (SSSR count). The first kappa shape index (κ1) is 74.2. The number of primary amides is 1. The summed E-state index contributed by atoms with van der Waals surface area (Å²) in [5, 5.41) is 44.5. The van der Waals surface area contributed by atoms with Crippen molar-refractivity contribution in [3.05, 3.63) is 0 Å². The zero-order chi connectivity index (χ0) is 62.6. The summed E-state index contributed by atoms with van der Waals surface area (Å²) < 4.78 is 0. The van der Waals surface area contributed by atoms with E-state index in [9.17, 15) is 77.0 Å². The van der Waals surface area contributed by atoms with Gasteiger partial charge in [-0.1, -0.05) is 13.8 Å². The van der Waals surface area contributed by atoms with Crippen LogP contribution >= 0.6 is 75.8 Å². The van der Waals surface area contributed by atoms with E-state index in [1.807, 2.05) is 0 Å². The molecule has 0 aliphatic carbocycles. The number of aliphatic carboxylic acids is 2. The quantitative estimate of drug-likeness (QED) is 0.0257. The fourth-order valence-electron chi connectivity index (χ4n) is 7.45. The normalized spacial score (nSPS) is 16.5. The lowest BCUT2D eigenvalue weighted by Gasteiger charge is -2.30. The van der Waals surface area contributed by atoms with E-state index >= 15 is 0 Å². The van der Waals surface area contributed by atoms with Crippen LogP contribution in [0.4, 0.5) is 0 Å². The molecule has 462 valence electrons. The number of carboxylic acids is 2. The molecular formula is C46H75N13O17S6. The minimum Gasteiger partial charge on any atom is -0.481 e. The van der Waals surface area contributed by atoms with Crippen LogP contribution in [0.25, 0.3) is 0 Å². The third kappa shape index (κ3) is 26.2. The summed E-state index contributed by atoms with van der Waals surface area (Å²) in [6, 6.07) is -15.4. The van der Waals surface area contributed by atoms with Crippen molar-refractivity contribution in [2.75, 3.05) is 47.6 Å². The van der Waals surface area contributed by atoms with E-state index in [1.54, 1.807) is 13.8 Å². The highest BCUT2D eigenvalue weighted by Crippen LogP contribution is 2.20. The van der Waals surface area contributed by atoms with Crippen LogP contribution in [-0.2, 0) is 71.9 Å². The van der Waals surface area contributed by atoms with Crippen molar-refractivity contribution >= 4 is 165 Å². The second kappa shape index (κ2) is 38.1. The Kier molecular flexibility index (Phi) is 34.5. The number of hydrogen-bond acceptors (Lipinski definition) is 21. The van der Waals surface area contributed by atoms with Crippen LogP contribution in [-0.4, -0.2) is 218 Å². The minimum atomic E-state index is -1.71. The molecule has 0 aromatic carbocycles. The maximum atomic E-state index is 14.0. The maximum absolute atomic E-state index is 14.0. The first-order valence-corrected chi connectivity index (χ1v) is 29.3. The Hall–Kier alpha value is -5.85. The van der Waals surface area contributed by atoms with Crippen LogP contribution in [0.15, 0.2) is 0 Å². The zero-order valence-electron chi connectivity index (χ0n) is 45.3. The van der Waals surface area contributed by atoms with Gasteiger partial charge in [0, 0.05) is 48.2 Å². The van der Waals surface area contributed by atoms with Crippen molar-refractivity contribution in [1.82, 2.24) is 63.4 Å². The summed E-state index contributed by atoms with van der Waals surface area (Å²) in [6.45, 7) is 5.27. The van der Waals surface area contributed by atoms with Crippen LogP contribution in [0, 0.1) is 5.92 Å². The minimum absolute atomic E-state index is 0.0330. The molecule has 82 heavy (non-hydrogen) atoms. The molecule has 0 bridgehead atoms. The van der Waals surface area contributed by atoms with Gasteiger partial charge in [0.1, 0.15) is 66.5 Å². The van der Waals surface area contributed by atoms with E-state index < -0.39 is 187 Å². The summed E-state index contributed by atoms with van der Waals surface area (Å²) in [5.74, 6) is -15.9. The number of likely N-dealkylation sites (tertiary alicyclic amines) is 1. The van der Waals surface area contributed by atoms with Gasteiger partial charge >= 0.3 is 11.9 Å². The van der Waals surface area contributed by atoms with Crippen molar-refractivity contribution in [2.24, 2.45) is 11.7 Å². The standard InChI is InChI=1S/C46H75N13O17S6/c1-20(2)12-24(54-38(67)23(7-8-35(63)64)53-41(70)26(15-78)51-33(61)9-11-77)39(68)57-29(18-81)43(72)58-28(17-80)42(71)55-25(13-32(47)60)45(74)59-10-5-6-31(59)44(73)50-22(4)37(66)56-27(16-79)40(69)49-21(3)36(65)48-14-34(62)52-30(19-82)46(75)76/h20-31,77-82H,5-19H2,1-4H3,(H2,47,60)(H,48,65)(H,49,69)(H,50,73)(H,51,61)(H,52,62)(H,53,70)(H,54,67)(H,55,71)(H,56,66)(H,57,68)(H,58,72)(H,63,64)(H,75,76)/t21-,22-,23-,24-,25-,26-,27-,28-,29-,30-,31-/m0/s1. The molecule has 1 aliphatic heterocycles. The number of thiol groups is 6. The Morgan fingerprint density at radius 3 is 1.40 bits per heavy atom. The summed E-state index contributed by atoms with van der Waals surface area (Å²) in [4.78, 5) is 195. The molecule has 0 radical (unpaired) electrons. The van der Waals surface area contributed by atoms with Gasteiger partial charge in [0.25, 0.3) is 0 Å². The van der Waals surface area contributed by atoms with Gasteiger partial charge in [-0.3, -0.25) is 67.1 Å². The maximum Gasteiger partial charge on any atom is 0.327 e. The van der Waals surface area contributed by atoms with Crippen molar-refractivity contribution in [1.29, 1.82) is 0 Å². The molecule has 30 nitrogen and oxygen atoms in total. The molecule has 36 heteroatoms. The van der Waals surface area contributed by atoms with E-state index in [1.165, 1.54) is 13.8 Å². The Bertz CT molecular complexity index is 2330. The molecule has 1 aliphatic rings. The number of carbonyl (C=O) groups excluding carboxylic acids is 13. The van der Waals surface area contributed by atoms with E-state index in [0.717, 1.165) is 4.90 Å². The average molecular weight is 1270 g/mol. The molecule has 0 spiro atoms. The summed E-state index contributed by atoms with van der Waals surface area (Å²) in [5.41, 5.74) is 5.46. The number of carboxylic acid groups (broad SMARTS) is 2. The van der Waals surface area contributed by atoms with Gasteiger partial charge in [-0.25, -0.2) is 4.79 Å². The molecule has 0 unspecified atom stereocenters. The third-order valence-corrected chi connectivity index (χ3v) is 13.9. The molecule has 0 aromatic rings. The lowest BCUT2D eigenvalue weighted by Crippen LogP contribution is -2.61. The Labute approximate surface area is 505 Å². The van der Waals surface area contributed by atoms with Gasteiger partial charge in [0.15, 0.2) is 0 Å². The van der Waals surface area contributed by atoms with Crippen molar-refractivity contribution < 1.29 is 82.1 Å². The zero-order valence-corrected chi connectivity index (χ0v) is 50.6. The van der Waals surface area contributed by atoms with Crippen LogP contribution in [0.5, 0.6) is 0 Å². The van der Waals surface area contributed by atoms with E-state index in [-0.39, 0.29) is 66.9 Å². The van der Waals surface area contributed by atoms with E-state index in [4.69, 9.17) is 10.8 Å². The number of carbonyl (C=O) groups is 15. The van der Waals surface area contributed by atoms with Crippen molar-refractivity contribution in [3.8, 4) is 0 Å². The van der Waals surface area contributed by atoms with Crippen molar-refractivity contribution in [2.45, 2.75) is 139 Å². The topological polar surface area (TPSA) is 458 Å². The van der Waals surface area contributed by atoms with Gasteiger partial charge in [0.05, 0.1) is 13.0 Å². The highest BCUT2D eigenvalue weighted by Gasteiger charge is 2.40. The van der Waals surface area contributed by atoms with E-state index in [0.29, 0.717) is 0 Å². The number of nitrogens with two attached hydrogens (primary N) is 1. The molecule has 0 aromatic heterocycles. The second-order valence-electron chi connectivity index (χ2n) is 18.9. The van der Waals surface area contributed by atoms with Crippen LogP contribution in [0.3, 0.4) is 0 Å². The summed E-state index contributed by atoms with van der Waals surface area (Å²) in [6.07, 6.45) is -1.55. The molecule has 1 heterocycles. The Balaban J connectivity index is 3.12. The predicted molar refractivity (Wildman–Crippen MR) is 314 cm³/mol. The predicted octanol–water partition coefficient (Wildman–Crippen LogP) is -6.18. The lowest BCUT2D eigenvalue weighted by atomic mass is 10.0. The average Bonchev–Trinajstić information content (AvgIpc) is 4.05. The molecular weight excluding hydrogens is 1200 g/mol. The van der Waals surface area contributed by atoms with Gasteiger partial charge in [0.2, 0.25) is 76.8 Å². The van der Waals surface area contributed by atoms with Gasteiger partial charge < -0.3 is 79.3 Å². The van der Waals surface area contributed by atoms with Crippen LogP contribution in [0.2, 0.25) is 0 Å². The van der Waals surface area contributed by atoms with Crippen LogP contribution < -0.4 is 64.2 Å². The monoisotopic (exact) mass is 1270 g/mol. The first-order chi connectivity index (χ1) is 38.5. The number of rotatable bonds is 37. The number of nitrogens with one attached hydrogen (secondary N) is 11. The lowest BCUT2D eigenvalue weighted by molar-refractivity contribution is -0.143.